The highest BCUT2D eigenvalue weighted by molar-refractivity contribution is 9.10. The molecular weight excluding hydrogens is 692 g/mol. The van der Waals surface area contributed by atoms with Crippen LogP contribution >= 0.6 is 31.9 Å². The second-order valence-electron chi connectivity index (χ2n) is 11.1. The monoisotopic (exact) mass is 718 g/mol. The van der Waals surface area contributed by atoms with Gasteiger partial charge in [-0.2, -0.15) is 0 Å². The Hall–Kier alpha value is -4.40. The van der Waals surface area contributed by atoms with Crippen molar-refractivity contribution in [1.82, 2.24) is 19.8 Å². The van der Waals surface area contributed by atoms with E-state index in [9.17, 15) is 9.59 Å². The number of carbonyl (C=O) groups is 2. The molecule has 2 amide bonds. The van der Waals surface area contributed by atoms with E-state index in [1.165, 1.54) is 0 Å². The molecule has 1 saturated heterocycles. The summed E-state index contributed by atoms with van der Waals surface area (Å²) in [5.74, 6) is -0.101. The van der Waals surface area contributed by atoms with E-state index in [0.29, 0.717) is 43.7 Å². The highest BCUT2D eigenvalue weighted by Gasteiger charge is 2.26. The van der Waals surface area contributed by atoms with Crippen LogP contribution < -0.4 is 0 Å². The zero-order chi connectivity index (χ0) is 30.9. The fourth-order valence-corrected chi connectivity index (χ4v) is 6.76. The molecule has 0 bridgehead atoms. The molecule has 3 heterocycles. The Morgan fingerprint density at radius 3 is 1.42 bits per heavy atom. The Balaban J connectivity index is 1.18. The number of para-hydroxylation sites is 2. The number of hydrogen-bond donors (Lipinski definition) is 0. The van der Waals surface area contributed by atoms with E-state index in [-0.39, 0.29) is 11.8 Å². The van der Waals surface area contributed by atoms with Gasteiger partial charge in [0.1, 0.15) is 0 Å². The van der Waals surface area contributed by atoms with Gasteiger partial charge in [0.25, 0.3) is 11.8 Å². The molecule has 2 aromatic heterocycles. The first-order chi connectivity index (χ1) is 21.9. The summed E-state index contributed by atoms with van der Waals surface area (Å²) in [5.41, 5.74) is 6.15. The minimum atomic E-state index is -0.0505. The summed E-state index contributed by atoms with van der Waals surface area (Å²) in [4.78, 5) is 41.8. The third-order valence-corrected chi connectivity index (χ3v) is 9.19. The van der Waals surface area contributed by atoms with Crippen LogP contribution in [0.3, 0.4) is 0 Å². The van der Waals surface area contributed by atoms with Gasteiger partial charge >= 0.3 is 0 Å². The van der Waals surface area contributed by atoms with Crippen molar-refractivity contribution in [3.63, 3.8) is 0 Å². The number of pyridine rings is 2. The van der Waals surface area contributed by atoms with E-state index in [0.717, 1.165) is 53.3 Å². The van der Waals surface area contributed by atoms with E-state index in [1.54, 1.807) is 0 Å². The number of amides is 2. The molecule has 0 saturated carbocycles. The van der Waals surface area contributed by atoms with Crippen LogP contribution in [0.1, 0.15) is 27.1 Å². The van der Waals surface area contributed by atoms with Crippen molar-refractivity contribution >= 4 is 65.5 Å². The molecule has 0 spiro atoms. The van der Waals surface area contributed by atoms with Gasteiger partial charge in [-0.3, -0.25) is 9.59 Å². The number of aromatic nitrogens is 2. The molecule has 6 aromatic rings. The normalized spacial score (nSPS) is 13.6. The number of benzene rings is 4. The van der Waals surface area contributed by atoms with Crippen LogP contribution in [0.4, 0.5) is 0 Å². The number of carbonyl (C=O) groups excluding carboxylic acids is 2. The van der Waals surface area contributed by atoms with Gasteiger partial charge in [0.15, 0.2) is 0 Å². The Labute approximate surface area is 278 Å². The average molecular weight is 720 g/mol. The lowest BCUT2D eigenvalue weighted by Gasteiger charge is -2.23. The summed E-state index contributed by atoms with van der Waals surface area (Å²) in [5, 5.41) is 1.64. The van der Waals surface area contributed by atoms with Gasteiger partial charge in [0.2, 0.25) is 0 Å². The van der Waals surface area contributed by atoms with Crippen LogP contribution in [-0.4, -0.2) is 57.8 Å². The molecule has 0 aliphatic carbocycles. The van der Waals surface area contributed by atoms with Crippen molar-refractivity contribution in [3.8, 4) is 22.5 Å². The van der Waals surface area contributed by atoms with Crippen LogP contribution in [0.15, 0.2) is 118 Å². The van der Waals surface area contributed by atoms with Gasteiger partial charge in [0.05, 0.1) is 33.5 Å². The molecule has 1 aliphatic heterocycles. The molecule has 45 heavy (non-hydrogen) atoms. The first kappa shape index (κ1) is 29.3. The zero-order valence-corrected chi connectivity index (χ0v) is 27.5. The van der Waals surface area contributed by atoms with Crippen LogP contribution in [0.5, 0.6) is 0 Å². The Kier molecular flexibility index (Phi) is 8.17. The summed E-state index contributed by atoms with van der Waals surface area (Å²) in [7, 11) is 0. The van der Waals surface area contributed by atoms with Crippen molar-refractivity contribution in [2.75, 3.05) is 26.2 Å². The molecular formula is C37H28Br2N4O2. The molecule has 1 fully saturated rings. The second kappa shape index (κ2) is 12.5. The fourth-order valence-electron chi connectivity index (χ4n) is 5.96. The van der Waals surface area contributed by atoms with Crippen LogP contribution in [0.25, 0.3) is 44.3 Å². The van der Waals surface area contributed by atoms with Gasteiger partial charge < -0.3 is 9.80 Å². The maximum Gasteiger partial charge on any atom is 0.254 e. The van der Waals surface area contributed by atoms with E-state index < -0.39 is 0 Å². The second-order valence-corrected chi connectivity index (χ2v) is 12.9. The summed E-state index contributed by atoms with van der Waals surface area (Å²) >= 11 is 7.11. The minimum absolute atomic E-state index is 0.0505. The third kappa shape index (κ3) is 6.00. The zero-order valence-electron chi connectivity index (χ0n) is 24.3. The quantitative estimate of drug-likeness (QED) is 0.183. The third-order valence-electron chi connectivity index (χ3n) is 8.20. The molecule has 222 valence electrons. The van der Waals surface area contributed by atoms with Crippen molar-refractivity contribution in [2.45, 2.75) is 6.42 Å². The van der Waals surface area contributed by atoms with Gasteiger partial charge in [0, 0.05) is 57.0 Å². The maximum atomic E-state index is 14.1. The van der Waals surface area contributed by atoms with E-state index in [4.69, 9.17) is 9.97 Å². The number of fused-ring (bicyclic) bond motifs is 2. The maximum absolute atomic E-state index is 14.1. The molecule has 7 rings (SSSR count). The summed E-state index contributed by atoms with van der Waals surface area (Å²) < 4.78 is 1.90. The van der Waals surface area contributed by atoms with Gasteiger partial charge in [-0.15, -0.1) is 0 Å². The first-order valence-corrected chi connectivity index (χ1v) is 16.4. The topological polar surface area (TPSA) is 66.4 Å². The van der Waals surface area contributed by atoms with Crippen molar-refractivity contribution < 1.29 is 9.59 Å². The Morgan fingerprint density at radius 2 is 0.978 bits per heavy atom. The van der Waals surface area contributed by atoms with Crippen molar-refractivity contribution in [3.05, 3.63) is 129 Å². The smallest absolute Gasteiger partial charge is 0.254 e. The van der Waals surface area contributed by atoms with Crippen LogP contribution in [0, 0.1) is 0 Å². The number of hydrogen-bond acceptors (Lipinski definition) is 4. The molecule has 4 aromatic carbocycles. The highest BCUT2D eigenvalue weighted by atomic mass is 79.9. The molecule has 0 unspecified atom stereocenters. The van der Waals surface area contributed by atoms with Crippen molar-refractivity contribution in [2.24, 2.45) is 0 Å². The molecule has 0 N–H and O–H groups in total. The summed E-state index contributed by atoms with van der Waals surface area (Å²) in [6, 6.07) is 35.2. The lowest BCUT2D eigenvalue weighted by Crippen LogP contribution is -2.37. The van der Waals surface area contributed by atoms with Crippen molar-refractivity contribution in [1.29, 1.82) is 0 Å². The van der Waals surface area contributed by atoms with Gasteiger partial charge in [-0.25, -0.2) is 9.97 Å². The molecule has 6 nitrogen and oxygen atoms in total. The average Bonchev–Trinajstić information content (AvgIpc) is 3.33. The molecule has 1 aliphatic rings. The Morgan fingerprint density at radius 1 is 0.533 bits per heavy atom. The van der Waals surface area contributed by atoms with Crippen LogP contribution in [0.2, 0.25) is 0 Å². The first-order valence-electron chi connectivity index (χ1n) is 14.8. The molecule has 8 heteroatoms. The van der Waals surface area contributed by atoms with Gasteiger partial charge in [-0.05, 0) is 55.0 Å². The fraction of sp³-hybridized carbons (Fsp3) is 0.135. The summed E-state index contributed by atoms with van der Waals surface area (Å²) in [6.07, 6.45) is 0.681. The SMILES string of the molecule is O=C(c1cc(-c2cccc(Br)c2)nc2ccccc12)N1CCCN(C(=O)c2cc(-c3cccc(Br)c3)nc3ccccc23)CC1. The number of halogens is 2. The molecule has 0 radical (unpaired) electrons. The standard InChI is InChI=1S/C37H28Br2N4O2/c38-26-10-5-8-24(20-26)34-22-30(28-12-1-3-14-32(28)40-34)36(44)42-16-7-17-43(19-18-42)37(45)31-23-35(25-9-6-11-27(39)21-25)41-33-15-4-2-13-29(31)33/h1-6,8-15,20-23H,7,16-19H2. The van der Waals surface area contributed by atoms with Crippen LogP contribution in [-0.2, 0) is 0 Å². The number of rotatable bonds is 4. The lowest BCUT2D eigenvalue weighted by molar-refractivity contribution is 0.0720. The van der Waals surface area contributed by atoms with Gasteiger partial charge in [-0.1, -0.05) is 92.5 Å². The van der Waals surface area contributed by atoms with E-state index in [1.807, 2.05) is 119 Å². The number of nitrogens with zero attached hydrogens (tertiary/aromatic N) is 4. The van der Waals surface area contributed by atoms with E-state index in [2.05, 4.69) is 31.9 Å². The molecule has 0 atom stereocenters. The summed E-state index contributed by atoms with van der Waals surface area (Å²) in [6.45, 7) is 2.00. The highest BCUT2D eigenvalue weighted by Crippen LogP contribution is 2.30. The minimum Gasteiger partial charge on any atom is -0.337 e. The predicted molar refractivity (Wildman–Crippen MR) is 186 cm³/mol. The Bertz CT molecular complexity index is 1950. The predicted octanol–water partition coefficient (Wildman–Crippen LogP) is 8.63. The largest absolute Gasteiger partial charge is 0.337 e. The lowest BCUT2D eigenvalue weighted by atomic mass is 10.0. The van der Waals surface area contributed by atoms with E-state index >= 15 is 0 Å².